The highest BCUT2D eigenvalue weighted by Crippen LogP contribution is 2.17. The molecule has 0 radical (unpaired) electrons. The van der Waals surface area contributed by atoms with Crippen LogP contribution in [0.25, 0.3) is 16.6 Å². The zero-order valence-corrected chi connectivity index (χ0v) is 34.9. The number of nitrogens with zero attached hydrogens (tertiary/aromatic N) is 4. The quantitative estimate of drug-likeness (QED) is 0.0352. The van der Waals surface area contributed by atoms with E-state index in [1.54, 1.807) is 16.9 Å². The van der Waals surface area contributed by atoms with E-state index in [0.29, 0.717) is 75.5 Å². The van der Waals surface area contributed by atoms with E-state index in [2.05, 4.69) is 89.7 Å². The Labute approximate surface area is 350 Å². The number of hydrogen-bond donors (Lipinski definition) is 11. The SMILES string of the molecule is Cc1ccc(CCCNC(=O)CCNCCN)c(C)c1.NCCNCCC(=O)Nc1ccc2[nH]ncc2c1.NCCNCCC(=O)Nc1cccc(-n2[nH]nnc2=S)c1. The molecule has 2 heterocycles. The summed E-state index contributed by atoms with van der Waals surface area (Å²) in [5.41, 5.74) is 23.2. The van der Waals surface area contributed by atoms with Gasteiger partial charge in [-0.1, -0.05) is 40.1 Å². The van der Waals surface area contributed by atoms with E-state index >= 15 is 0 Å². The van der Waals surface area contributed by atoms with Crippen molar-refractivity contribution in [3.05, 3.63) is 88.3 Å². The summed E-state index contributed by atoms with van der Waals surface area (Å²) in [6.45, 7) is 10.9. The second-order valence-electron chi connectivity index (χ2n) is 13.5. The van der Waals surface area contributed by atoms with Crippen LogP contribution in [0.4, 0.5) is 11.4 Å². The summed E-state index contributed by atoms with van der Waals surface area (Å²) in [5, 5.41) is 35.7. The zero-order chi connectivity index (χ0) is 42.7. The number of hydrogen-bond acceptors (Lipinski definition) is 13. The summed E-state index contributed by atoms with van der Waals surface area (Å²) in [5.74, 6) is 0.0283. The molecule has 5 aromatic rings. The first-order chi connectivity index (χ1) is 28.6. The van der Waals surface area contributed by atoms with E-state index < -0.39 is 0 Å². The van der Waals surface area contributed by atoms with Crippen molar-refractivity contribution in [2.45, 2.75) is 46.0 Å². The lowest BCUT2D eigenvalue weighted by Crippen LogP contribution is -2.30. The highest BCUT2D eigenvalue weighted by atomic mass is 32.1. The van der Waals surface area contributed by atoms with Crippen molar-refractivity contribution in [1.29, 1.82) is 0 Å². The first-order valence-electron chi connectivity index (χ1n) is 19.8. The fraction of sp³-hybridized carbons (Fsp3) is 0.425. The van der Waals surface area contributed by atoms with Crippen LogP contribution in [0.5, 0.6) is 0 Å². The number of amides is 3. The number of benzene rings is 3. The predicted octanol–water partition coefficient (Wildman–Crippen LogP) is 1.93. The number of nitrogens with one attached hydrogen (secondary N) is 8. The third kappa shape index (κ3) is 19.3. The van der Waals surface area contributed by atoms with Gasteiger partial charge in [-0.05, 0) is 86.4 Å². The summed E-state index contributed by atoms with van der Waals surface area (Å²) in [4.78, 5) is 35.0. The molecule has 19 heteroatoms. The zero-order valence-electron chi connectivity index (χ0n) is 34.1. The molecule has 3 amide bonds. The van der Waals surface area contributed by atoms with E-state index in [1.165, 1.54) is 16.7 Å². The lowest BCUT2D eigenvalue weighted by atomic mass is 10.0. The van der Waals surface area contributed by atoms with Crippen LogP contribution in [0.15, 0.2) is 66.9 Å². The van der Waals surface area contributed by atoms with Gasteiger partial charge in [-0.15, -0.1) is 0 Å². The van der Waals surface area contributed by atoms with E-state index in [1.807, 2.05) is 36.4 Å². The topological polar surface area (TPSA) is 277 Å². The van der Waals surface area contributed by atoms with Gasteiger partial charge in [0.25, 0.3) is 0 Å². The Morgan fingerprint density at radius 2 is 1.36 bits per heavy atom. The average molecular weight is 832 g/mol. The molecule has 0 aliphatic rings. The number of H-pyrrole nitrogens is 2. The number of aromatic amines is 2. The van der Waals surface area contributed by atoms with Crippen LogP contribution in [0.2, 0.25) is 0 Å². The van der Waals surface area contributed by atoms with Gasteiger partial charge in [0.05, 0.1) is 17.4 Å². The molecule has 0 fully saturated rings. The van der Waals surface area contributed by atoms with Crippen LogP contribution in [-0.2, 0) is 20.8 Å². The highest BCUT2D eigenvalue weighted by Gasteiger charge is 2.06. The Kier molecular flexibility index (Phi) is 22.8. The number of tetrazole rings is 1. The Bertz CT molecular complexity index is 2050. The van der Waals surface area contributed by atoms with E-state index in [9.17, 15) is 14.4 Å². The third-order valence-electron chi connectivity index (χ3n) is 8.58. The maximum Gasteiger partial charge on any atom is 0.242 e. The van der Waals surface area contributed by atoms with Gasteiger partial charge >= 0.3 is 0 Å². The summed E-state index contributed by atoms with van der Waals surface area (Å²) in [7, 11) is 0. The van der Waals surface area contributed by atoms with Crippen molar-refractivity contribution in [2.75, 3.05) is 76.1 Å². The molecule has 0 saturated carbocycles. The molecule has 5 rings (SSSR count). The van der Waals surface area contributed by atoms with Gasteiger partial charge in [0.2, 0.25) is 22.5 Å². The number of fused-ring (bicyclic) bond motifs is 1. The van der Waals surface area contributed by atoms with Crippen LogP contribution in [0.1, 0.15) is 42.4 Å². The second-order valence-corrected chi connectivity index (χ2v) is 13.9. The molecular weight excluding hydrogens is 771 g/mol. The average Bonchev–Trinajstić information content (AvgIpc) is 3.88. The van der Waals surface area contributed by atoms with Crippen molar-refractivity contribution in [3.8, 4) is 5.69 Å². The van der Waals surface area contributed by atoms with E-state index in [0.717, 1.165) is 54.8 Å². The maximum atomic E-state index is 11.8. The van der Waals surface area contributed by atoms with E-state index in [4.69, 9.17) is 29.4 Å². The molecule has 2 aromatic heterocycles. The largest absolute Gasteiger partial charge is 0.356 e. The number of rotatable bonds is 22. The van der Waals surface area contributed by atoms with Gasteiger partial charge in [-0.25, -0.2) is 4.68 Å². The van der Waals surface area contributed by atoms with Crippen molar-refractivity contribution in [1.82, 2.24) is 51.7 Å². The van der Waals surface area contributed by atoms with Gasteiger partial charge in [0.1, 0.15) is 0 Å². The number of nitrogens with two attached hydrogens (primary N) is 3. The predicted molar refractivity (Wildman–Crippen MR) is 237 cm³/mol. The van der Waals surface area contributed by atoms with E-state index in [-0.39, 0.29) is 17.7 Å². The summed E-state index contributed by atoms with van der Waals surface area (Å²) in [6.07, 6.45) is 5.06. The second kappa shape index (κ2) is 28.1. The van der Waals surface area contributed by atoms with Crippen molar-refractivity contribution in [2.24, 2.45) is 17.2 Å². The molecule has 18 nitrogen and oxygen atoms in total. The Morgan fingerprint density at radius 3 is 1.95 bits per heavy atom. The molecule has 320 valence electrons. The monoisotopic (exact) mass is 831 g/mol. The minimum atomic E-state index is -0.0667. The molecule has 0 spiro atoms. The van der Waals surface area contributed by atoms with Crippen LogP contribution in [0.3, 0.4) is 0 Å². The first kappa shape index (κ1) is 48.0. The standard InChI is InChI=1S/C16H27N3O.C12H17N7OS.C12H17N5O/c1-13-5-6-15(14(2)12-13)4-3-9-19-16(20)7-10-18-11-8-17;13-5-7-14-6-4-11(20)15-9-2-1-3-10(8-9)19-12(21)16-17-18-19;13-4-6-14-5-3-12(18)16-10-1-2-11-9(7-10)8-15-17-11/h5-6,12,18H,3-4,7-11,17H2,1-2H3,(H,19,20);1-3,8,14H,4-7,13H2,(H,15,20)(H,16,18,21);1-2,7-8,14H,3-6,13H2,(H,15,17)(H,16,18). The summed E-state index contributed by atoms with van der Waals surface area (Å²) < 4.78 is 1.87. The minimum absolute atomic E-state index is 0.0117. The number of carbonyl (C=O) groups excluding carboxylic acids is 3. The van der Waals surface area contributed by atoms with Gasteiger partial charge in [-0.3, -0.25) is 19.5 Å². The Balaban J connectivity index is 0.000000237. The molecule has 0 aliphatic heterocycles. The van der Waals surface area contributed by atoms with Crippen molar-refractivity contribution >= 4 is 52.2 Å². The van der Waals surface area contributed by atoms with Crippen molar-refractivity contribution in [3.63, 3.8) is 0 Å². The van der Waals surface area contributed by atoms with Crippen LogP contribution in [-0.4, -0.2) is 114 Å². The fourth-order valence-electron chi connectivity index (χ4n) is 5.56. The molecule has 0 saturated heterocycles. The van der Waals surface area contributed by atoms with Crippen molar-refractivity contribution < 1.29 is 14.4 Å². The number of aromatic nitrogens is 6. The third-order valence-corrected chi connectivity index (χ3v) is 8.84. The Morgan fingerprint density at radius 1 is 0.729 bits per heavy atom. The van der Waals surface area contributed by atoms with Gasteiger partial charge in [-0.2, -0.15) is 10.3 Å². The molecule has 0 bridgehead atoms. The molecule has 59 heavy (non-hydrogen) atoms. The van der Waals surface area contributed by atoms with Crippen LogP contribution >= 0.6 is 12.2 Å². The van der Waals surface area contributed by atoms with Gasteiger partial charge in [0.15, 0.2) is 0 Å². The number of aryl methyl sites for hydroxylation is 3. The number of anilines is 2. The lowest BCUT2D eigenvalue weighted by Gasteiger charge is -2.08. The number of carbonyl (C=O) groups is 3. The molecule has 14 N–H and O–H groups in total. The summed E-state index contributed by atoms with van der Waals surface area (Å²) >= 11 is 5.03. The smallest absolute Gasteiger partial charge is 0.242 e. The minimum Gasteiger partial charge on any atom is -0.356 e. The molecule has 0 atom stereocenters. The van der Waals surface area contributed by atoms with Gasteiger partial charge in [0, 0.05) is 101 Å². The lowest BCUT2D eigenvalue weighted by molar-refractivity contribution is -0.121. The normalized spacial score (nSPS) is 10.6. The van der Waals surface area contributed by atoms with Crippen LogP contribution < -0.4 is 49.1 Å². The molecule has 0 unspecified atom stereocenters. The molecular formula is C40H61N15O3S. The van der Waals surface area contributed by atoms with Crippen LogP contribution in [0, 0.1) is 18.6 Å². The first-order valence-corrected chi connectivity index (χ1v) is 20.2. The van der Waals surface area contributed by atoms with Gasteiger partial charge < -0.3 is 49.1 Å². The maximum absolute atomic E-state index is 11.8. The fourth-order valence-corrected chi connectivity index (χ4v) is 5.75. The highest BCUT2D eigenvalue weighted by molar-refractivity contribution is 7.71. The Hall–Kier alpha value is -5.41. The summed E-state index contributed by atoms with van der Waals surface area (Å²) in [6, 6.07) is 19.4. The molecule has 0 aliphatic carbocycles. The molecule has 3 aromatic carbocycles.